The first kappa shape index (κ1) is 17.7. The van der Waals surface area contributed by atoms with Gasteiger partial charge >= 0.3 is 0 Å². The van der Waals surface area contributed by atoms with Crippen molar-refractivity contribution in [2.24, 2.45) is 4.99 Å². The standard InChI is InChI=1S/C18H30N4OS/c1-19-18(21-15-6-3-2-4-7-15)20-14-16(17-8-5-13-24-17)22-9-11-23-12-10-22/h5,8,13,15-16H,2-4,6-7,9-12,14H2,1H3,(H2,19,20,21). The first-order valence-corrected chi connectivity index (χ1v) is 10.1. The summed E-state index contributed by atoms with van der Waals surface area (Å²) in [6, 6.07) is 5.35. The highest BCUT2D eigenvalue weighted by Crippen LogP contribution is 2.25. The number of morpholine rings is 1. The normalized spacial score (nSPS) is 22.3. The Kier molecular flexibility index (Phi) is 6.93. The van der Waals surface area contributed by atoms with Crippen LogP contribution in [0, 0.1) is 0 Å². The van der Waals surface area contributed by atoms with Gasteiger partial charge in [-0.3, -0.25) is 9.89 Å². The molecule has 6 heteroatoms. The van der Waals surface area contributed by atoms with Gasteiger partial charge in [0.2, 0.25) is 0 Å². The Morgan fingerprint density at radius 1 is 1.33 bits per heavy atom. The van der Waals surface area contributed by atoms with Crippen molar-refractivity contribution >= 4 is 17.3 Å². The van der Waals surface area contributed by atoms with Crippen molar-refractivity contribution < 1.29 is 4.74 Å². The van der Waals surface area contributed by atoms with Crippen molar-refractivity contribution in [1.29, 1.82) is 0 Å². The van der Waals surface area contributed by atoms with E-state index in [4.69, 9.17) is 4.74 Å². The van der Waals surface area contributed by atoms with Crippen LogP contribution >= 0.6 is 11.3 Å². The highest BCUT2D eigenvalue weighted by Gasteiger charge is 2.24. The van der Waals surface area contributed by atoms with E-state index in [1.54, 1.807) is 0 Å². The molecule has 1 aromatic heterocycles. The van der Waals surface area contributed by atoms with E-state index in [0.29, 0.717) is 12.1 Å². The van der Waals surface area contributed by atoms with Crippen molar-refractivity contribution in [3.63, 3.8) is 0 Å². The zero-order chi connectivity index (χ0) is 16.6. The zero-order valence-corrected chi connectivity index (χ0v) is 15.5. The van der Waals surface area contributed by atoms with Gasteiger partial charge in [-0.15, -0.1) is 11.3 Å². The second-order valence-electron chi connectivity index (χ2n) is 6.61. The number of nitrogens with zero attached hydrogens (tertiary/aromatic N) is 2. The van der Waals surface area contributed by atoms with E-state index in [1.165, 1.54) is 37.0 Å². The number of thiophene rings is 1. The predicted molar refractivity (Wildman–Crippen MR) is 101 cm³/mol. The van der Waals surface area contributed by atoms with E-state index in [1.807, 2.05) is 18.4 Å². The topological polar surface area (TPSA) is 48.9 Å². The fourth-order valence-electron chi connectivity index (χ4n) is 3.61. The smallest absolute Gasteiger partial charge is 0.191 e. The van der Waals surface area contributed by atoms with E-state index in [9.17, 15) is 0 Å². The third-order valence-corrected chi connectivity index (χ3v) is 5.96. The average molecular weight is 351 g/mol. The average Bonchev–Trinajstić information content (AvgIpc) is 3.17. The van der Waals surface area contributed by atoms with Crippen molar-refractivity contribution in [2.75, 3.05) is 39.9 Å². The highest BCUT2D eigenvalue weighted by atomic mass is 32.1. The molecule has 1 atom stereocenters. The molecule has 5 nitrogen and oxygen atoms in total. The molecule has 0 spiro atoms. The van der Waals surface area contributed by atoms with Gasteiger partial charge in [-0.25, -0.2) is 0 Å². The van der Waals surface area contributed by atoms with Gasteiger partial charge in [-0.2, -0.15) is 0 Å². The van der Waals surface area contributed by atoms with Gasteiger partial charge in [0.25, 0.3) is 0 Å². The van der Waals surface area contributed by atoms with Crippen LogP contribution in [-0.4, -0.2) is 56.8 Å². The summed E-state index contributed by atoms with van der Waals surface area (Å²) in [6.45, 7) is 4.54. The number of nitrogens with one attached hydrogen (secondary N) is 2. The molecule has 1 saturated carbocycles. The number of guanidine groups is 1. The summed E-state index contributed by atoms with van der Waals surface area (Å²) in [7, 11) is 1.87. The first-order chi connectivity index (χ1) is 11.9. The molecule has 0 aromatic carbocycles. The highest BCUT2D eigenvalue weighted by molar-refractivity contribution is 7.10. The summed E-state index contributed by atoms with van der Waals surface area (Å²) in [6.07, 6.45) is 6.57. The third-order valence-electron chi connectivity index (χ3n) is 4.99. The summed E-state index contributed by atoms with van der Waals surface area (Å²) in [4.78, 5) is 8.37. The third kappa shape index (κ3) is 4.94. The lowest BCUT2D eigenvalue weighted by atomic mass is 9.96. The molecular weight excluding hydrogens is 320 g/mol. The lowest BCUT2D eigenvalue weighted by Gasteiger charge is -2.34. The number of hydrogen-bond acceptors (Lipinski definition) is 4. The maximum Gasteiger partial charge on any atom is 0.191 e. The molecule has 1 saturated heterocycles. The van der Waals surface area contributed by atoms with Gasteiger partial charge in [0.1, 0.15) is 0 Å². The van der Waals surface area contributed by atoms with Gasteiger partial charge in [-0.1, -0.05) is 25.3 Å². The molecule has 2 N–H and O–H groups in total. The van der Waals surface area contributed by atoms with E-state index in [-0.39, 0.29) is 0 Å². The Morgan fingerprint density at radius 3 is 2.79 bits per heavy atom. The maximum absolute atomic E-state index is 5.52. The molecule has 0 radical (unpaired) electrons. The van der Waals surface area contributed by atoms with E-state index in [0.717, 1.165) is 38.8 Å². The summed E-state index contributed by atoms with van der Waals surface area (Å²) < 4.78 is 5.52. The fraction of sp³-hybridized carbons (Fsp3) is 0.722. The molecule has 0 amide bonds. The van der Waals surface area contributed by atoms with Crippen LogP contribution in [0.15, 0.2) is 22.5 Å². The van der Waals surface area contributed by atoms with Gasteiger partial charge in [-0.05, 0) is 24.3 Å². The Labute approximate surface area is 149 Å². The van der Waals surface area contributed by atoms with Crippen LogP contribution in [0.2, 0.25) is 0 Å². The summed E-state index contributed by atoms with van der Waals surface area (Å²) in [5, 5.41) is 9.34. The SMILES string of the molecule is CN=C(NCC(c1cccs1)N1CCOCC1)NC1CCCCC1. The fourth-order valence-corrected chi connectivity index (χ4v) is 4.47. The Hall–Kier alpha value is -1.11. The van der Waals surface area contributed by atoms with Gasteiger partial charge in [0, 0.05) is 37.6 Å². The monoisotopic (exact) mass is 350 g/mol. The summed E-state index contributed by atoms with van der Waals surface area (Å²) in [5.41, 5.74) is 0. The van der Waals surface area contributed by atoms with Crippen LogP contribution in [0.1, 0.15) is 43.0 Å². The van der Waals surface area contributed by atoms with Crippen LogP contribution in [0.25, 0.3) is 0 Å². The molecule has 1 unspecified atom stereocenters. The molecule has 1 aliphatic heterocycles. The van der Waals surface area contributed by atoms with Crippen molar-refractivity contribution in [1.82, 2.24) is 15.5 Å². The molecule has 1 aromatic rings. The molecule has 24 heavy (non-hydrogen) atoms. The van der Waals surface area contributed by atoms with Gasteiger partial charge in [0.15, 0.2) is 5.96 Å². The molecule has 3 rings (SSSR count). The van der Waals surface area contributed by atoms with E-state index in [2.05, 4.69) is 38.0 Å². The Morgan fingerprint density at radius 2 is 2.12 bits per heavy atom. The number of aliphatic imine (C=N–C) groups is 1. The van der Waals surface area contributed by atoms with Crippen LogP contribution in [0.4, 0.5) is 0 Å². The van der Waals surface area contributed by atoms with E-state index >= 15 is 0 Å². The quantitative estimate of drug-likeness (QED) is 0.633. The second-order valence-corrected chi connectivity index (χ2v) is 7.59. The predicted octanol–water partition coefficient (Wildman–Crippen LogP) is 2.62. The molecule has 1 aliphatic carbocycles. The number of hydrogen-bond donors (Lipinski definition) is 2. The first-order valence-electron chi connectivity index (χ1n) is 9.19. The molecule has 134 valence electrons. The van der Waals surface area contributed by atoms with Crippen molar-refractivity contribution in [3.8, 4) is 0 Å². The largest absolute Gasteiger partial charge is 0.379 e. The molecule has 0 bridgehead atoms. The summed E-state index contributed by atoms with van der Waals surface area (Å²) >= 11 is 1.84. The minimum Gasteiger partial charge on any atom is -0.379 e. The molecular formula is C18H30N4OS. The molecule has 2 fully saturated rings. The minimum atomic E-state index is 0.388. The van der Waals surface area contributed by atoms with Gasteiger partial charge < -0.3 is 15.4 Å². The lowest BCUT2D eigenvalue weighted by molar-refractivity contribution is 0.0177. The van der Waals surface area contributed by atoms with Crippen molar-refractivity contribution in [3.05, 3.63) is 22.4 Å². The number of rotatable bonds is 5. The maximum atomic E-state index is 5.52. The summed E-state index contributed by atoms with van der Waals surface area (Å²) in [5.74, 6) is 0.941. The second kappa shape index (κ2) is 9.39. The van der Waals surface area contributed by atoms with Crippen LogP contribution in [0.3, 0.4) is 0 Å². The van der Waals surface area contributed by atoms with E-state index < -0.39 is 0 Å². The lowest BCUT2D eigenvalue weighted by Crippen LogP contribution is -2.48. The van der Waals surface area contributed by atoms with Crippen LogP contribution < -0.4 is 10.6 Å². The van der Waals surface area contributed by atoms with Crippen LogP contribution in [0.5, 0.6) is 0 Å². The Balaban J connectivity index is 1.57. The molecule has 2 aliphatic rings. The zero-order valence-electron chi connectivity index (χ0n) is 14.7. The Bertz CT molecular complexity index is 493. The van der Waals surface area contributed by atoms with Crippen LogP contribution in [-0.2, 0) is 4.74 Å². The number of ether oxygens (including phenoxy) is 1. The van der Waals surface area contributed by atoms with Gasteiger partial charge in [0.05, 0.1) is 19.3 Å². The van der Waals surface area contributed by atoms with Crippen molar-refractivity contribution in [2.45, 2.75) is 44.2 Å². The minimum absolute atomic E-state index is 0.388. The molecule has 2 heterocycles.